The van der Waals surface area contributed by atoms with Crippen LogP contribution in [0, 0.1) is 6.92 Å². The molecule has 1 amide bonds. The van der Waals surface area contributed by atoms with Crippen LogP contribution in [0.15, 0.2) is 82.7 Å². The molecule has 6 heteroatoms. The monoisotopic (exact) mass is 451 g/mol. The zero-order chi connectivity index (χ0) is 23.8. The minimum atomic E-state index is -0.320. The van der Waals surface area contributed by atoms with Crippen molar-refractivity contribution >= 4 is 22.5 Å². The van der Waals surface area contributed by atoms with Gasteiger partial charge in [-0.05, 0) is 36.2 Å². The molecule has 4 aromatic rings. The summed E-state index contributed by atoms with van der Waals surface area (Å²) in [5, 5.41) is 7.09. The van der Waals surface area contributed by atoms with E-state index in [2.05, 4.69) is 10.1 Å². The summed E-state index contributed by atoms with van der Waals surface area (Å²) in [6.45, 7) is 3.52. The molecule has 1 atom stereocenters. The highest BCUT2D eigenvalue weighted by Gasteiger charge is 2.34. The number of aromatic amines is 1. The number of nitrogens with one attached hydrogen (secondary N) is 1. The van der Waals surface area contributed by atoms with Gasteiger partial charge in [0.25, 0.3) is 5.56 Å². The number of methoxy groups -OCH3 is 1. The first-order valence-electron chi connectivity index (χ1n) is 11.2. The summed E-state index contributed by atoms with van der Waals surface area (Å²) < 4.78 is 5.38. The van der Waals surface area contributed by atoms with E-state index in [4.69, 9.17) is 4.74 Å². The number of aromatic nitrogens is 1. The van der Waals surface area contributed by atoms with E-state index in [1.54, 1.807) is 7.11 Å². The molecule has 0 fully saturated rings. The number of amides is 1. The minimum absolute atomic E-state index is 0.183. The quantitative estimate of drug-likeness (QED) is 0.463. The predicted molar refractivity (Wildman–Crippen MR) is 134 cm³/mol. The molecule has 170 valence electrons. The first kappa shape index (κ1) is 21.6. The Morgan fingerprint density at radius 2 is 1.79 bits per heavy atom. The number of benzene rings is 3. The van der Waals surface area contributed by atoms with E-state index >= 15 is 0 Å². The number of aryl methyl sites for hydroxylation is 1. The van der Waals surface area contributed by atoms with E-state index in [-0.39, 0.29) is 17.5 Å². The van der Waals surface area contributed by atoms with Gasteiger partial charge in [-0.3, -0.25) is 9.59 Å². The Morgan fingerprint density at radius 3 is 2.53 bits per heavy atom. The van der Waals surface area contributed by atoms with Crippen molar-refractivity contribution in [1.29, 1.82) is 0 Å². The number of fused-ring (bicyclic) bond motifs is 1. The lowest BCUT2D eigenvalue weighted by atomic mass is 9.90. The van der Waals surface area contributed by atoms with Crippen LogP contribution in [0.5, 0.6) is 5.75 Å². The Balaban J connectivity index is 1.71. The number of hydrazone groups is 1. The highest BCUT2D eigenvalue weighted by atomic mass is 16.5. The maximum atomic E-state index is 13.4. The summed E-state index contributed by atoms with van der Waals surface area (Å²) in [6.07, 6.45) is 0.424. The maximum Gasteiger partial charge on any atom is 0.258 e. The maximum absolute atomic E-state index is 13.4. The molecule has 0 radical (unpaired) electrons. The Labute approximate surface area is 197 Å². The van der Waals surface area contributed by atoms with Crippen molar-refractivity contribution in [2.75, 3.05) is 7.11 Å². The summed E-state index contributed by atoms with van der Waals surface area (Å²) in [7, 11) is 1.61. The lowest BCUT2D eigenvalue weighted by Gasteiger charge is -2.20. The number of hydrogen-bond donors (Lipinski definition) is 1. The molecule has 1 aliphatic heterocycles. The van der Waals surface area contributed by atoms with Crippen LogP contribution in [0.1, 0.15) is 36.1 Å². The number of hydrogen-bond acceptors (Lipinski definition) is 4. The molecular formula is C28H25N3O3. The van der Waals surface area contributed by atoms with Crippen molar-refractivity contribution in [1.82, 2.24) is 9.99 Å². The highest BCUT2D eigenvalue weighted by molar-refractivity contribution is 6.12. The highest BCUT2D eigenvalue weighted by Crippen LogP contribution is 2.37. The molecule has 0 spiro atoms. The lowest BCUT2D eigenvalue weighted by Crippen LogP contribution is -2.24. The largest absolute Gasteiger partial charge is 0.497 e. The molecule has 2 heterocycles. The second kappa shape index (κ2) is 8.63. The molecule has 6 nitrogen and oxygen atoms in total. The van der Waals surface area contributed by atoms with Crippen molar-refractivity contribution in [2.45, 2.75) is 26.3 Å². The topological polar surface area (TPSA) is 74.8 Å². The zero-order valence-electron chi connectivity index (χ0n) is 19.3. The molecule has 1 unspecified atom stereocenters. The molecule has 1 aliphatic rings. The van der Waals surface area contributed by atoms with Crippen molar-refractivity contribution in [3.8, 4) is 16.9 Å². The van der Waals surface area contributed by atoms with Gasteiger partial charge in [0, 0.05) is 29.8 Å². The van der Waals surface area contributed by atoms with Crippen molar-refractivity contribution < 1.29 is 9.53 Å². The van der Waals surface area contributed by atoms with Gasteiger partial charge in [-0.15, -0.1) is 0 Å². The molecule has 1 N–H and O–H groups in total. The average Bonchev–Trinajstić information content (AvgIpc) is 3.29. The Kier molecular flexibility index (Phi) is 5.49. The van der Waals surface area contributed by atoms with Gasteiger partial charge in [-0.1, -0.05) is 60.2 Å². The smallest absolute Gasteiger partial charge is 0.258 e. The third kappa shape index (κ3) is 3.77. The summed E-state index contributed by atoms with van der Waals surface area (Å²) in [5.41, 5.74) is 5.43. The zero-order valence-corrected chi connectivity index (χ0v) is 19.3. The van der Waals surface area contributed by atoms with Crippen LogP contribution in [-0.2, 0) is 4.79 Å². The Hall–Kier alpha value is -4.19. The number of carbonyl (C=O) groups excluding carboxylic acids is 1. The molecular weight excluding hydrogens is 426 g/mol. The van der Waals surface area contributed by atoms with Crippen LogP contribution in [-0.4, -0.2) is 28.7 Å². The molecule has 0 bridgehead atoms. The number of nitrogens with zero attached hydrogens (tertiary/aromatic N) is 2. The van der Waals surface area contributed by atoms with E-state index < -0.39 is 0 Å². The lowest BCUT2D eigenvalue weighted by molar-refractivity contribution is -0.130. The van der Waals surface area contributed by atoms with Gasteiger partial charge in [0.1, 0.15) is 5.75 Å². The average molecular weight is 452 g/mol. The minimum Gasteiger partial charge on any atom is -0.497 e. The van der Waals surface area contributed by atoms with E-state index in [0.29, 0.717) is 23.4 Å². The molecule has 0 saturated carbocycles. The summed E-state index contributed by atoms with van der Waals surface area (Å²) in [6, 6.07) is 23.2. The van der Waals surface area contributed by atoms with Gasteiger partial charge >= 0.3 is 0 Å². The van der Waals surface area contributed by atoms with Crippen LogP contribution in [0.3, 0.4) is 0 Å². The van der Waals surface area contributed by atoms with E-state index in [1.165, 1.54) is 11.9 Å². The van der Waals surface area contributed by atoms with Crippen molar-refractivity contribution in [3.63, 3.8) is 0 Å². The van der Waals surface area contributed by atoms with Crippen molar-refractivity contribution in [2.24, 2.45) is 5.10 Å². The van der Waals surface area contributed by atoms with Gasteiger partial charge in [0.15, 0.2) is 0 Å². The fourth-order valence-corrected chi connectivity index (χ4v) is 4.60. The van der Waals surface area contributed by atoms with Gasteiger partial charge < -0.3 is 9.72 Å². The van der Waals surface area contributed by atoms with Gasteiger partial charge in [-0.25, -0.2) is 5.01 Å². The number of H-pyrrole nitrogens is 1. The Bertz CT molecular complexity index is 1490. The number of rotatable bonds is 4. The van der Waals surface area contributed by atoms with Crippen LogP contribution >= 0.6 is 0 Å². The van der Waals surface area contributed by atoms with Gasteiger partial charge in [-0.2, -0.15) is 5.10 Å². The predicted octanol–water partition coefficient (Wildman–Crippen LogP) is 5.21. The Morgan fingerprint density at radius 1 is 1.03 bits per heavy atom. The standard InChI is InChI=1S/C28H25N3O3/c1-17-11-13-19(14-12-17)26-22-9-4-5-10-23(22)29-28(33)27(26)24-16-25(31(30-24)18(2)32)20-7-6-8-21(15-20)34-3/h4-15,25H,16H2,1-3H3,(H,29,33). The summed E-state index contributed by atoms with van der Waals surface area (Å²) in [5.74, 6) is 0.523. The number of ether oxygens (including phenoxy) is 1. The fraction of sp³-hybridized carbons (Fsp3) is 0.179. The molecule has 34 heavy (non-hydrogen) atoms. The van der Waals surface area contributed by atoms with E-state index in [1.807, 2.05) is 79.7 Å². The first-order chi connectivity index (χ1) is 16.5. The molecule has 5 rings (SSSR count). The summed E-state index contributed by atoms with van der Waals surface area (Å²) in [4.78, 5) is 29.0. The molecule has 1 aromatic heterocycles. The van der Waals surface area contributed by atoms with Crippen LogP contribution in [0.2, 0.25) is 0 Å². The normalized spacial score (nSPS) is 15.4. The van der Waals surface area contributed by atoms with Crippen molar-refractivity contribution in [3.05, 3.63) is 99.8 Å². The van der Waals surface area contributed by atoms with Gasteiger partial charge in [0.2, 0.25) is 5.91 Å². The second-order valence-corrected chi connectivity index (χ2v) is 8.52. The van der Waals surface area contributed by atoms with Crippen LogP contribution in [0.4, 0.5) is 0 Å². The number of pyridine rings is 1. The second-order valence-electron chi connectivity index (χ2n) is 8.52. The van der Waals surface area contributed by atoms with E-state index in [9.17, 15) is 9.59 Å². The van der Waals surface area contributed by atoms with Gasteiger partial charge in [0.05, 0.1) is 24.4 Å². The fourth-order valence-electron chi connectivity index (χ4n) is 4.60. The SMILES string of the molecule is COc1cccc(C2CC(c3c(-c4ccc(C)cc4)c4ccccc4[nH]c3=O)=NN2C(C)=O)c1. The number of para-hydroxylation sites is 1. The molecule has 0 aliphatic carbocycles. The number of carbonyl (C=O) groups is 1. The van der Waals surface area contributed by atoms with Crippen LogP contribution < -0.4 is 10.3 Å². The van der Waals surface area contributed by atoms with E-state index in [0.717, 1.165) is 33.2 Å². The first-order valence-corrected chi connectivity index (χ1v) is 11.2. The summed E-state index contributed by atoms with van der Waals surface area (Å²) >= 11 is 0. The van der Waals surface area contributed by atoms with Crippen LogP contribution in [0.25, 0.3) is 22.0 Å². The molecule has 3 aromatic carbocycles. The molecule has 0 saturated heterocycles. The third-order valence-electron chi connectivity index (χ3n) is 6.26. The third-order valence-corrected chi connectivity index (χ3v) is 6.26.